The Morgan fingerprint density at radius 3 is 2.24 bits per heavy atom. The Labute approximate surface area is 157 Å². The molecule has 136 valence electrons. The molecule has 0 radical (unpaired) electrons. The average molecular weight is 378 g/mol. The van der Waals surface area contributed by atoms with Gasteiger partial charge in [0.25, 0.3) is 0 Å². The van der Waals surface area contributed by atoms with Crippen LogP contribution in [0.3, 0.4) is 0 Å². The number of rotatable bonds is 7. The molecule has 0 aromatic heterocycles. The van der Waals surface area contributed by atoms with E-state index in [9.17, 15) is 0 Å². The number of ether oxygens (including phenoxy) is 1. The zero-order chi connectivity index (χ0) is 18.5. The van der Waals surface area contributed by atoms with Crippen LogP contribution in [-0.4, -0.2) is 20.8 Å². The highest BCUT2D eigenvalue weighted by molar-refractivity contribution is 6.74. The van der Waals surface area contributed by atoms with Crippen molar-refractivity contribution in [2.45, 2.75) is 38.9 Å². The Kier molecular flexibility index (Phi) is 6.41. The maximum atomic E-state index is 6.31. The van der Waals surface area contributed by atoms with E-state index in [1.165, 1.54) is 0 Å². The smallest absolute Gasteiger partial charge is 0.250 e. The van der Waals surface area contributed by atoms with Crippen LogP contribution < -0.4 is 14.5 Å². The topological polar surface area (TPSA) is 30.5 Å². The molecular formula is C20H28ClNO2Si. The minimum absolute atomic E-state index is 0.188. The van der Waals surface area contributed by atoms with Crippen molar-refractivity contribution in [3.8, 4) is 11.5 Å². The third-order valence-electron chi connectivity index (χ3n) is 4.50. The highest BCUT2D eigenvalue weighted by Gasteiger charge is 2.38. The van der Waals surface area contributed by atoms with Gasteiger partial charge in [0, 0.05) is 17.4 Å². The van der Waals surface area contributed by atoms with Crippen molar-refractivity contribution in [2.24, 2.45) is 0 Å². The standard InChI is InChI=1S/C20H28ClNO2Si/c1-20(2,3)25(4,5)24-18-11-9-16(10-12-18)22-17-7-6-8-19(15-17)23-14-13-21/h6-12,15,22H,13-14H2,1-5H3. The van der Waals surface area contributed by atoms with Crippen LogP contribution >= 0.6 is 11.6 Å². The van der Waals surface area contributed by atoms with Crippen LogP contribution in [0, 0.1) is 0 Å². The summed E-state index contributed by atoms with van der Waals surface area (Å²) >= 11 is 5.66. The molecule has 2 aromatic rings. The Bertz CT molecular complexity index is 681. The lowest BCUT2D eigenvalue weighted by atomic mass is 10.2. The van der Waals surface area contributed by atoms with E-state index >= 15 is 0 Å². The second-order valence-corrected chi connectivity index (χ2v) is 12.7. The van der Waals surface area contributed by atoms with Crippen molar-refractivity contribution in [1.82, 2.24) is 0 Å². The first-order valence-electron chi connectivity index (χ1n) is 8.56. The molecule has 0 atom stereocenters. The van der Waals surface area contributed by atoms with Crippen LogP contribution in [0.1, 0.15) is 20.8 Å². The third kappa shape index (κ3) is 5.68. The number of anilines is 2. The molecule has 1 N–H and O–H groups in total. The van der Waals surface area contributed by atoms with Gasteiger partial charge in [-0.15, -0.1) is 11.6 Å². The molecule has 25 heavy (non-hydrogen) atoms. The fraction of sp³-hybridized carbons (Fsp3) is 0.400. The van der Waals surface area contributed by atoms with Crippen molar-refractivity contribution in [2.75, 3.05) is 17.8 Å². The lowest BCUT2D eigenvalue weighted by Crippen LogP contribution is -2.43. The predicted molar refractivity (Wildman–Crippen MR) is 110 cm³/mol. The van der Waals surface area contributed by atoms with E-state index in [0.717, 1.165) is 22.9 Å². The summed E-state index contributed by atoms with van der Waals surface area (Å²) in [4.78, 5) is 0. The monoisotopic (exact) mass is 377 g/mol. The Morgan fingerprint density at radius 1 is 0.960 bits per heavy atom. The van der Waals surface area contributed by atoms with Gasteiger partial charge in [0.15, 0.2) is 0 Å². The summed E-state index contributed by atoms with van der Waals surface area (Å²) in [5, 5.41) is 3.57. The second-order valence-electron chi connectivity index (χ2n) is 7.58. The summed E-state index contributed by atoms with van der Waals surface area (Å²) < 4.78 is 11.9. The van der Waals surface area contributed by atoms with Gasteiger partial charge < -0.3 is 14.5 Å². The van der Waals surface area contributed by atoms with Crippen molar-refractivity contribution in [3.63, 3.8) is 0 Å². The summed E-state index contributed by atoms with van der Waals surface area (Å²) in [6.07, 6.45) is 0. The first kappa shape index (κ1) is 19.7. The summed E-state index contributed by atoms with van der Waals surface area (Å²) in [6, 6.07) is 16.0. The van der Waals surface area contributed by atoms with Crippen molar-refractivity contribution in [1.29, 1.82) is 0 Å². The van der Waals surface area contributed by atoms with Crippen molar-refractivity contribution < 1.29 is 9.16 Å². The van der Waals surface area contributed by atoms with Gasteiger partial charge in [-0.2, -0.15) is 0 Å². The van der Waals surface area contributed by atoms with Crippen molar-refractivity contribution in [3.05, 3.63) is 48.5 Å². The Hall–Kier alpha value is -1.65. The minimum atomic E-state index is -1.81. The van der Waals surface area contributed by atoms with Gasteiger partial charge in [0.1, 0.15) is 18.1 Å². The molecular weight excluding hydrogens is 350 g/mol. The summed E-state index contributed by atoms with van der Waals surface area (Å²) in [5.74, 6) is 2.22. The van der Waals surface area contributed by atoms with Gasteiger partial charge in [-0.05, 0) is 54.5 Å². The van der Waals surface area contributed by atoms with Crippen LogP contribution in [0.4, 0.5) is 11.4 Å². The molecule has 0 aliphatic rings. The summed E-state index contributed by atoms with van der Waals surface area (Å²) in [5.41, 5.74) is 1.99. The molecule has 2 rings (SSSR count). The summed E-state index contributed by atoms with van der Waals surface area (Å²) in [7, 11) is -1.81. The molecule has 3 nitrogen and oxygen atoms in total. The number of nitrogens with one attached hydrogen (secondary N) is 1. The molecule has 5 heteroatoms. The van der Waals surface area contributed by atoms with Gasteiger partial charge in [0.05, 0.1) is 5.88 Å². The average Bonchev–Trinajstić information content (AvgIpc) is 2.54. The lowest BCUT2D eigenvalue weighted by Gasteiger charge is -2.36. The highest BCUT2D eigenvalue weighted by Crippen LogP contribution is 2.37. The molecule has 0 fully saturated rings. The molecule has 0 aliphatic carbocycles. The zero-order valence-corrected chi connectivity index (χ0v) is 17.5. The van der Waals surface area contributed by atoms with Crippen LogP contribution in [0.25, 0.3) is 0 Å². The van der Waals surface area contributed by atoms with Gasteiger partial charge in [0.2, 0.25) is 8.32 Å². The summed E-state index contributed by atoms with van der Waals surface area (Å²) in [6.45, 7) is 11.7. The highest BCUT2D eigenvalue weighted by atomic mass is 35.5. The normalized spacial score (nSPS) is 11.9. The van der Waals surface area contributed by atoms with Gasteiger partial charge in [-0.3, -0.25) is 0 Å². The molecule has 0 spiro atoms. The predicted octanol–water partition coefficient (Wildman–Crippen LogP) is 6.43. The van der Waals surface area contributed by atoms with Crippen molar-refractivity contribution >= 4 is 31.3 Å². The Balaban J connectivity index is 2.03. The van der Waals surface area contributed by atoms with Crippen LogP contribution in [0.2, 0.25) is 18.1 Å². The maximum absolute atomic E-state index is 6.31. The fourth-order valence-electron chi connectivity index (χ4n) is 2.04. The number of halogens is 1. The fourth-order valence-corrected chi connectivity index (χ4v) is 3.15. The zero-order valence-electron chi connectivity index (χ0n) is 15.7. The largest absolute Gasteiger partial charge is 0.544 e. The van der Waals surface area contributed by atoms with E-state index in [4.69, 9.17) is 20.8 Å². The first-order chi connectivity index (χ1) is 11.7. The van der Waals surface area contributed by atoms with E-state index in [-0.39, 0.29) is 5.04 Å². The van der Waals surface area contributed by atoms with E-state index in [1.54, 1.807) is 0 Å². The van der Waals surface area contributed by atoms with Crippen LogP contribution in [-0.2, 0) is 0 Å². The van der Waals surface area contributed by atoms with Gasteiger partial charge in [-0.25, -0.2) is 0 Å². The van der Waals surface area contributed by atoms with Crippen LogP contribution in [0.5, 0.6) is 11.5 Å². The van der Waals surface area contributed by atoms with Gasteiger partial charge >= 0.3 is 0 Å². The van der Waals surface area contributed by atoms with E-state index in [0.29, 0.717) is 12.5 Å². The van der Waals surface area contributed by atoms with E-state index in [2.05, 4.69) is 39.2 Å². The van der Waals surface area contributed by atoms with E-state index < -0.39 is 8.32 Å². The first-order valence-corrected chi connectivity index (χ1v) is 12.0. The Morgan fingerprint density at radius 2 is 1.64 bits per heavy atom. The molecule has 2 aromatic carbocycles. The molecule has 0 aliphatic heterocycles. The minimum Gasteiger partial charge on any atom is -0.544 e. The molecule has 0 saturated carbocycles. The van der Waals surface area contributed by atoms with Crippen LogP contribution in [0.15, 0.2) is 48.5 Å². The quantitative estimate of drug-likeness (QED) is 0.445. The lowest BCUT2D eigenvalue weighted by molar-refractivity contribution is 0.343. The third-order valence-corrected chi connectivity index (χ3v) is 9.01. The molecule has 0 bridgehead atoms. The number of benzene rings is 2. The number of hydrogen-bond donors (Lipinski definition) is 1. The SMILES string of the molecule is CC(C)(C)[Si](C)(C)Oc1ccc(Nc2cccc(OCCCl)c2)cc1. The molecule has 0 saturated heterocycles. The number of alkyl halides is 1. The number of hydrogen-bond acceptors (Lipinski definition) is 3. The van der Waals surface area contributed by atoms with E-state index in [1.807, 2.05) is 48.5 Å². The second kappa shape index (κ2) is 8.15. The molecule has 0 unspecified atom stereocenters. The molecule has 0 amide bonds. The molecule has 0 heterocycles. The maximum Gasteiger partial charge on any atom is 0.250 e. The van der Waals surface area contributed by atoms with Gasteiger partial charge in [-0.1, -0.05) is 26.8 Å².